The lowest BCUT2D eigenvalue weighted by atomic mass is 10.1. The highest BCUT2D eigenvalue weighted by Crippen LogP contribution is 2.21. The average Bonchev–Trinajstić information content (AvgIpc) is 2.72. The number of likely N-dealkylation sites (tertiary alicyclic amines) is 1. The van der Waals surface area contributed by atoms with Crippen LogP contribution in [0.2, 0.25) is 0 Å². The summed E-state index contributed by atoms with van der Waals surface area (Å²) < 4.78 is 13.5. The molecule has 1 saturated heterocycles. The minimum Gasteiger partial charge on any atom is -0.481 e. The number of carboxylic acids is 1. The van der Waals surface area contributed by atoms with E-state index in [-0.39, 0.29) is 11.7 Å². The van der Waals surface area contributed by atoms with Gasteiger partial charge in [-0.3, -0.25) is 9.69 Å². The number of rotatable bonds is 3. The molecule has 1 fully saturated rings. The van der Waals surface area contributed by atoms with E-state index in [2.05, 4.69) is 20.8 Å². The molecule has 0 spiro atoms. The molecular weight excluding hydrogens is 289 g/mol. The predicted molar refractivity (Wildman–Crippen MR) is 65.1 cm³/mol. The van der Waals surface area contributed by atoms with Crippen molar-refractivity contribution in [1.82, 2.24) is 4.90 Å². The summed E-state index contributed by atoms with van der Waals surface area (Å²) in [6, 6.07) is 4.89. The van der Waals surface area contributed by atoms with E-state index in [0.29, 0.717) is 24.0 Å². The van der Waals surface area contributed by atoms with Gasteiger partial charge in [-0.1, -0.05) is 6.07 Å². The minimum atomic E-state index is -0.729. The van der Waals surface area contributed by atoms with Gasteiger partial charge in [-0.25, -0.2) is 4.39 Å². The number of nitrogens with zero attached hydrogens (tertiary/aromatic N) is 1. The van der Waals surface area contributed by atoms with Gasteiger partial charge in [0.1, 0.15) is 5.82 Å². The fourth-order valence-electron chi connectivity index (χ4n) is 2.07. The zero-order valence-electron chi connectivity index (χ0n) is 9.20. The van der Waals surface area contributed by atoms with Gasteiger partial charge in [-0.15, -0.1) is 0 Å². The van der Waals surface area contributed by atoms with Crippen molar-refractivity contribution in [3.63, 3.8) is 0 Å². The lowest BCUT2D eigenvalue weighted by molar-refractivity contribution is -0.141. The quantitative estimate of drug-likeness (QED) is 0.932. The highest BCUT2D eigenvalue weighted by molar-refractivity contribution is 9.10. The molecule has 0 aliphatic carbocycles. The zero-order chi connectivity index (χ0) is 12.4. The van der Waals surface area contributed by atoms with E-state index < -0.39 is 5.97 Å². The molecule has 2 rings (SSSR count). The monoisotopic (exact) mass is 301 g/mol. The van der Waals surface area contributed by atoms with Crippen molar-refractivity contribution in [1.29, 1.82) is 0 Å². The van der Waals surface area contributed by atoms with Gasteiger partial charge < -0.3 is 5.11 Å². The standard InChI is InChI=1S/C12H13BrFNO2/c13-10-5-8(1-2-11(10)14)6-15-4-3-9(7-15)12(16)17/h1-2,5,9H,3-4,6-7H2,(H,16,17)/t9-/m1/s1. The Hall–Kier alpha value is -0.940. The van der Waals surface area contributed by atoms with Crippen LogP contribution in [-0.4, -0.2) is 29.1 Å². The van der Waals surface area contributed by atoms with Crippen molar-refractivity contribution in [3.05, 3.63) is 34.1 Å². The van der Waals surface area contributed by atoms with Crippen LogP contribution >= 0.6 is 15.9 Å². The van der Waals surface area contributed by atoms with E-state index >= 15 is 0 Å². The van der Waals surface area contributed by atoms with E-state index in [1.165, 1.54) is 6.07 Å². The molecule has 1 N–H and O–H groups in total. The number of benzene rings is 1. The van der Waals surface area contributed by atoms with E-state index in [0.717, 1.165) is 12.1 Å². The Bertz CT molecular complexity index is 439. The van der Waals surface area contributed by atoms with Crippen molar-refractivity contribution in [2.45, 2.75) is 13.0 Å². The first-order valence-electron chi connectivity index (χ1n) is 5.45. The normalized spacial score (nSPS) is 20.7. The van der Waals surface area contributed by atoms with Crippen LogP contribution in [0.4, 0.5) is 4.39 Å². The molecule has 0 amide bonds. The number of carbonyl (C=O) groups is 1. The fraction of sp³-hybridized carbons (Fsp3) is 0.417. The average molecular weight is 302 g/mol. The zero-order valence-corrected chi connectivity index (χ0v) is 10.8. The Kier molecular flexibility index (Phi) is 3.79. The lowest BCUT2D eigenvalue weighted by Gasteiger charge is -2.15. The van der Waals surface area contributed by atoms with Crippen LogP contribution in [0.15, 0.2) is 22.7 Å². The summed E-state index contributed by atoms with van der Waals surface area (Å²) in [5, 5.41) is 8.89. The Morgan fingerprint density at radius 1 is 1.59 bits per heavy atom. The van der Waals surface area contributed by atoms with Gasteiger partial charge >= 0.3 is 5.97 Å². The van der Waals surface area contributed by atoms with Gasteiger partial charge in [0.15, 0.2) is 0 Å². The highest BCUT2D eigenvalue weighted by atomic mass is 79.9. The Balaban J connectivity index is 1.98. The second-order valence-electron chi connectivity index (χ2n) is 4.31. The Morgan fingerprint density at radius 3 is 2.94 bits per heavy atom. The molecule has 5 heteroatoms. The van der Waals surface area contributed by atoms with Crippen molar-refractivity contribution < 1.29 is 14.3 Å². The summed E-state index contributed by atoms with van der Waals surface area (Å²) >= 11 is 3.14. The van der Waals surface area contributed by atoms with Crippen LogP contribution in [0.25, 0.3) is 0 Å². The van der Waals surface area contributed by atoms with Crippen molar-refractivity contribution in [2.75, 3.05) is 13.1 Å². The molecular formula is C12H13BrFNO2. The van der Waals surface area contributed by atoms with Crippen molar-refractivity contribution in [2.24, 2.45) is 5.92 Å². The molecule has 0 bridgehead atoms. The summed E-state index contributed by atoms with van der Waals surface area (Å²) in [5.74, 6) is -1.27. The van der Waals surface area contributed by atoms with E-state index in [4.69, 9.17) is 5.11 Å². The molecule has 3 nitrogen and oxygen atoms in total. The molecule has 17 heavy (non-hydrogen) atoms. The molecule has 0 aromatic heterocycles. The first-order chi connectivity index (χ1) is 8.06. The third kappa shape index (κ3) is 3.04. The maximum absolute atomic E-state index is 13.0. The first-order valence-corrected chi connectivity index (χ1v) is 6.24. The van der Waals surface area contributed by atoms with Gasteiger partial charge in [-0.2, -0.15) is 0 Å². The molecule has 1 aliphatic heterocycles. The maximum atomic E-state index is 13.0. The maximum Gasteiger partial charge on any atom is 0.307 e. The third-order valence-corrected chi connectivity index (χ3v) is 3.62. The molecule has 0 saturated carbocycles. The molecule has 1 aliphatic rings. The van der Waals surface area contributed by atoms with Gasteiger partial charge in [0.25, 0.3) is 0 Å². The van der Waals surface area contributed by atoms with Gasteiger partial charge in [0.2, 0.25) is 0 Å². The third-order valence-electron chi connectivity index (χ3n) is 3.01. The van der Waals surface area contributed by atoms with Crippen molar-refractivity contribution in [3.8, 4) is 0 Å². The molecule has 0 radical (unpaired) electrons. The largest absolute Gasteiger partial charge is 0.481 e. The number of hydrogen-bond acceptors (Lipinski definition) is 2. The summed E-state index contributed by atoms with van der Waals surface area (Å²) in [4.78, 5) is 12.9. The fourth-order valence-corrected chi connectivity index (χ4v) is 2.50. The number of hydrogen-bond donors (Lipinski definition) is 1. The summed E-state index contributed by atoms with van der Waals surface area (Å²) in [6.07, 6.45) is 0.692. The van der Waals surface area contributed by atoms with Crippen LogP contribution in [0, 0.1) is 11.7 Å². The number of halogens is 2. The van der Waals surface area contributed by atoms with Gasteiger partial charge in [0, 0.05) is 13.1 Å². The Morgan fingerprint density at radius 2 is 2.35 bits per heavy atom. The molecule has 1 atom stereocenters. The topological polar surface area (TPSA) is 40.5 Å². The molecule has 1 aromatic carbocycles. The minimum absolute atomic E-state index is 0.265. The molecule has 0 unspecified atom stereocenters. The molecule has 1 heterocycles. The van der Waals surface area contributed by atoms with Crippen LogP contribution in [-0.2, 0) is 11.3 Å². The van der Waals surface area contributed by atoms with E-state index in [9.17, 15) is 9.18 Å². The SMILES string of the molecule is O=C(O)[C@@H]1CCN(Cc2ccc(F)c(Br)c2)C1. The predicted octanol–water partition coefficient (Wildman–Crippen LogP) is 2.49. The second kappa shape index (κ2) is 5.14. The number of carboxylic acid groups (broad SMARTS) is 1. The molecule has 92 valence electrons. The van der Waals surface area contributed by atoms with Crippen LogP contribution < -0.4 is 0 Å². The van der Waals surface area contributed by atoms with Crippen molar-refractivity contribution >= 4 is 21.9 Å². The molecule has 1 aromatic rings. The smallest absolute Gasteiger partial charge is 0.307 e. The number of aliphatic carboxylic acids is 1. The second-order valence-corrected chi connectivity index (χ2v) is 5.16. The Labute approximate surface area is 107 Å². The van der Waals surface area contributed by atoms with E-state index in [1.807, 2.05) is 0 Å². The highest BCUT2D eigenvalue weighted by Gasteiger charge is 2.27. The first kappa shape index (κ1) is 12.5. The van der Waals surface area contributed by atoms with Crippen LogP contribution in [0.3, 0.4) is 0 Å². The van der Waals surface area contributed by atoms with Gasteiger partial charge in [-0.05, 0) is 46.6 Å². The van der Waals surface area contributed by atoms with Crippen LogP contribution in [0.5, 0.6) is 0 Å². The summed E-state index contributed by atoms with van der Waals surface area (Å²) in [5.41, 5.74) is 0.990. The summed E-state index contributed by atoms with van der Waals surface area (Å²) in [7, 11) is 0. The van der Waals surface area contributed by atoms with Crippen LogP contribution in [0.1, 0.15) is 12.0 Å². The van der Waals surface area contributed by atoms with Gasteiger partial charge in [0.05, 0.1) is 10.4 Å². The summed E-state index contributed by atoms with van der Waals surface area (Å²) in [6.45, 7) is 2.03. The van der Waals surface area contributed by atoms with E-state index in [1.54, 1.807) is 12.1 Å². The lowest BCUT2D eigenvalue weighted by Crippen LogP contribution is -2.22.